The molecule has 0 bridgehead atoms. The van der Waals surface area contributed by atoms with Crippen LogP contribution < -0.4 is 10.6 Å². The van der Waals surface area contributed by atoms with Gasteiger partial charge in [-0.3, -0.25) is 4.57 Å². The lowest BCUT2D eigenvalue weighted by molar-refractivity contribution is 0.252. The molecule has 0 spiro atoms. The first-order valence-electron chi connectivity index (χ1n) is 8.99. The van der Waals surface area contributed by atoms with Crippen molar-refractivity contribution in [1.29, 1.82) is 0 Å². The molecule has 0 saturated carbocycles. The van der Waals surface area contributed by atoms with Crippen molar-refractivity contribution in [3.8, 4) is 5.69 Å². The first-order chi connectivity index (χ1) is 14.1. The molecular weight excluding hydrogens is 437 g/mol. The van der Waals surface area contributed by atoms with E-state index in [4.69, 9.17) is 0 Å². The number of rotatable bonds is 5. The maximum absolute atomic E-state index is 13.9. The molecule has 0 fully saturated rings. The number of anilines is 1. The monoisotopic (exact) mass is 453 g/mol. The van der Waals surface area contributed by atoms with Gasteiger partial charge in [-0.15, -0.1) is 0 Å². The molecule has 2 amide bonds. The van der Waals surface area contributed by atoms with E-state index < -0.39 is 11.8 Å². The lowest BCUT2D eigenvalue weighted by Crippen LogP contribution is -2.31. The number of pyridine rings is 1. The number of benzene rings is 2. The smallest absolute Gasteiger partial charge is 0.319 e. The third-order valence-corrected chi connectivity index (χ3v) is 4.81. The molecule has 0 aliphatic heterocycles. The summed E-state index contributed by atoms with van der Waals surface area (Å²) in [5, 5.41) is 5.25. The summed E-state index contributed by atoms with van der Waals surface area (Å²) in [7, 11) is 0. The van der Waals surface area contributed by atoms with Crippen molar-refractivity contribution in [1.82, 2.24) is 19.9 Å². The maximum atomic E-state index is 13.9. The van der Waals surface area contributed by atoms with Gasteiger partial charge >= 0.3 is 6.03 Å². The average molecular weight is 454 g/mol. The number of amides is 2. The number of halogens is 2. The number of fused-ring (bicyclic) bond motifs is 1. The van der Waals surface area contributed by atoms with E-state index in [0.29, 0.717) is 17.4 Å². The second-order valence-electron chi connectivity index (χ2n) is 6.30. The van der Waals surface area contributed by atoms with Crippen LogP contribution >= 0.6 is 15.9 Å². The molecule has 0 saturated heterocycles. The Morgan fingerprint density at radius 1 is 1.10 bits per heavy atom. The van der Waals surface area contributed by atoms with Gasteiger partial charge in [0.1, 0.15) is 17.2 Å². The molecule has 0 radical (unpaired) electrons. The molecule has 8 heteroatoms. The number of imidazole rings is 1. The molecule has 0 aliphatic rings. The molecule has 4 rings (SSSR count). The van der Waals surface area contributed by atoms with Crippen LogP contribution in [0.3, 0.4) is 0 Å². The second kappa shape index (κ2) is 8.40. The van der Waals surface area contributed by atoms with E-state index >= 15 is 0 Å². The molecule has 4 aromatic rings. The fourth-order valence-corrected chi connectivity index (χ4v) is 3.35. The molecule has 2 N–H and O–H groups in total. The Bertz CT molecular complexity index is 1160. The van der Waals surface area contributed by atoms with Crippen LogP contribution in [0, 0.1) is 5.82 Å². The summed E-state index contributed by atoms with van der Waals surface area (Å²) in [5.74, 6) is 0.270. The second-order valence-corrected chi connectivity index (χ2v) is 7.22. The van der Waals surface area contributed by atoms with Gasteiger partial charge in [0.15, 0.2) is 5.65 Å². The first kappa shape index (κ1) is 19.1. The minimum Gasteiger partial charge on any atom is -0.337 e. The molecule has 2 aromatic heterocycles. The number of para-hydroxylation sites is 1. The summed E-state index contributed by atoms with van der Waals surface area (Å²) in [5.41, 5.74) is 2.61. The minimum absolute atomic E-state index is 0.117. The summed E-state index contributed by atoms with van der Waals surface area (Å²) in [4.78, 5) is 21.2. The Morgan fingerprint density at radius 3 is 2.72 bits per heavy atom. The lowest BCUT2D eigenvalue weighted by Gasteiger charge is -2.10. The van der Waals surface area contributed by atoms with Crippen molar-refractivity contribution >= 4 is 38.8 Å². The Balaban J connectivity index is 1.48. The molecule has 0 atom stereocenters. The summed E-state index contributed by atoms with van der Waals surface area (Å²) in [6, 6.07) is 17.5. The van der Waals surface area contributed by atoms with E-state index in [9.17, 15) is 9.18 Å². The molecular formula is C21H17BrFN5O. The van der Waals surface area contributed by atoms with Crippen LogP contribution in [0.15, 0.2) is 71.3 Å². The predicted molar refractivity (Wildman–Crippen MR) is 114 cm³/mol. The summed E-state index contributed by atoms with van der Waals surface area (Å²) in [6.45, 7) is 0.333. The molecule has 6 nitrogen and oxygen atoms in total. The van der Waals surface area contributed by atoms with E-state index in [0.717, 1.165) is 22.7 Å². The van der Waals surface area contributed by atoms with E-state index in [-0.39, 0.29) is 5.69 Å². The van der Waals surface area contributed by atoms with Crippen LogP contribution in [-0.2, 0) is 6.42 Å². The van der Waals surface area contributed by atoms with Gasteiger partial charge in [-0.1, -0.05) is 34.1 Å². The zero-order chi connectivity index (χ0) is 20.2. The number of aromatic nitrogens is 3. The van der Waals surface area contributed by atoms with Crippen LogP contribution in [0.2, 0.25) is 0 Å². The van der Waals surface area contributed by atoms with Crippen molar-refractivity contribution in [2.75, 3.05) is 11.9 Å². The van der Waals surface area contributed by atoms with Crippen LogP contribution in [0.4, 0.5) is 14.9 Å². The van der Waals surface area contributed by atoms with Crippen LogP contribution in [-0.4, -0.2) is 27.1 Å². The summed E-state index contributed by atoms with van der Waals surface area (Å²) in [6.07, 6.45) is 2.22. The van der Waals surface area contributed by atoms with E-state index in [1.807, 2.05) is 47.0 Å². The minimum atomic E-state index is -0.508. The predicted octanol–water partition coefficient (Wildman–Crippen LogP) is 4.69. The van der Waals surface area contributed by atoms with Crippen molar-refractivity contribution < 1.29 is 9.18 Å². The largest absolute Gasteiger partial charge is 0.337 e. The Hall–Kier alpha value is -3.26. The number of carbonyl (C=O) groups excluding carboxylic acids is 1. The lowest BCUT2D eigenvalue weighted by atomic mass is 10.3. The number of nitrogens with zero attached hydrogens (tertiary/aromatic N) is 3. The van der Waals surface area contributed by atoms with Crippen molar-refractivity contribution in [3.63, 3.8) is 0 Å². The molecule has 0 aliphatic carbocycles. The number of hydrogen-bond donors (Lipinski definition) is 2. The van der Waals surface area contributed by atoms with E-state index in [1.165, 1.54) is 12.1 Å². The Morgan fingerprint density at radius 2 is 1.93 bits per heavy atom. The van der Waals surface area contributed by atoms with Gasteiger partial charge < -0.3 is 10.6 Å². The normalized spacial score (nSPS) is 10.8. The fourth-order valence-electron chi connectivity index (χ4n) is 3.02. The van der Waals surface area contributed by atoms with Gasteiger partial charge in [0.05, 0.1) is 5.69 Å². The van der Waals surface area contributed by atoms with Gasteiger partial charge in [-0.2, -0.15) is 0 Å². The van der Waals surface area contributed by atoms with Crippen molar-refractivity contribution in [3.05, 3.63) is 83.0 Å². The van der Waals surface area contributed by atoms with Crippen LogP contribution in [0.25, 0.3) is 16.9 Å². The van der Waals surface area contributed by atoms with E-state index in [1.54, 1.807) is 12.3 Å². The van der Waals surface area contributed by atoms with E-state index in [2.05, 4.69) is 36.5 Å². The standard InChI is InChI=1S/C21H17BrFN5O/c22-14-8-9-17(16(23)13-14)27-21(29)25-12-10-19-26-18-7-4-11-24-20(18)28(19)15-5-2-1-3-6-15/h1-9,11,13H,10,12H2,(H2,25,27,29). The van der Waals surface area contributed by atoms with Crippen LogP contribution in [0.5, 0.6) is 0 Å². The van der Waals surface area contributed by atoms with Crippen molar-refractivity contribution in [2.45, 2.75) is 6.42 Å². The van der Waals surface area contributed by atoms with Gasteiger partial charge in [-0.05, 0) is 42.5 Å². The van der Waals surface area contributed by atoms with Gasteiger partial charge in [0, 0.05) is 29.3 Å². The molecule has 0 unspecified atom stereocenters. The number of nitrogens with one attached hydrogen (secondary N) is 2. The number of urea groups is 1. The van der Waals surface area contributed by atoms with Gasteiger partial charge in [0.25, 0.3) is 0 Å². The highest BCUT2D eigenvalue weighted by atomic mass is 79.9. The van der Waals surface area contributed by atoms with Crippen molar-refractivity contribution in [2.24, 2.45) is 0 Å². The third kappa shape index (κ3) is 4.27. The Labute approximate surface area is 174 Å². The zero-order valence-corrected chi connectivity index (χ0v) is 16.9. The Kier molecular flexibility index (Phi) is 5.53. The fraction of sp³-hybridized carbons (Fsp3) is 0.0952. The first-order valence-corrected chi connectivity index (χ1v) is 9.79. The molecule has 29 heavy (non-hydrogen) atoms. The quantitative estimate of drug-likeness (QED) is 0.460. The highest BCUT2D eigenvalue weighted by molar-refractivity contribution is 9.10. The molecule has 2 aromatic carbocycles. The van der Waals surface area contributed by atoms with Gasteiger partial charge in [-0.25, -0.2) is 19.2 Å². The maximum Gasteiger partial charge on any atom is 0.319 e. The molecule has 146 valence electrons. The van der Waals surface area contributed by atoms with Crippen LogP contribution in [0.1, 0.15) is 5.82 Å². The topological polar surface area (TPSA) is 71.8 Å². The number of carbonyl (C=O) groups is 1. The molecule has 2 heterocycles. The average Bonchev–Trinajstić information content (AvgIpc) is 3.09. The zero-order valence-electron chi connectivity index (χ0n) is 15.3. The highest BCUT2D eigenvalue weighted by Gasteiger charge is 2.14. The highest BCUT2D eigenvalue weighted by Crippen LogP contribution is 2.20. The third-order valence-electron chi connectivity index (χ3n) is 4.31. The summed E-state index contributed by atoms with van der Waals surface area (Å²) < 4.78 is 16.4. The summed E-state index contributed by atoms with van der Waals surface area (Å²) >= 11 is 3.19. The number of hydrogen-bond acceptors (Lipinski definition) is 3. The van der Waals surface area contributed by atoms with Gasteiger partial charge in [0.2, 0.25) is 0 Å². The SMILES string of the molecule is O=C(NCCc1nc2cccnc2n1-c1ccccc1)Nc1ccc(Br)cc1F.